The van der Waals surface area contributed by atoms with Crippen molar-refractivity contribution in [1.82, 2.24) is 14.9 Å². The Morgan fingerprint density at radius 2 is 2.10 bits per heavy atom. The molecule has 0 spiro atoms. The number of aromatic amines is 1. The van der Waals surface area contributed by atoms with E-state index in [1.54, 1.807) is 11.3 Å². The van der Waals surface area contributed by atoms with E-state index in [4.69, 9.17) is 0 Å². The van der Waals surface area contributed by atoms with Crippen LogP contribution in [0.2, 0.25) is 0 Å². The second-order valence-corrected chi connectivity index (χ2v) is 10.7. The van der Waals surface area contributed by atoms with Crippen molar-refractivity contribution < 1.29 is 4.79 Å². The second-order valence-electron chi connectivity index (χ2n) is 7.54. The number of carbonyl (C=O) groups is 1. The summed E-state index contributed by atoms with van der Waals surface area (Å²) in [4.78, 5) is 37.4. The summed E-state index contributed by atoms with van der Waals surface area (Å²) in [6.45, 7) is 3.40. The van der Waals surface area contributed by atoms with Gasteiger partial charge in [-0.25, -0.2) is 4.98 Å². The third-order valence-electron chi connectivity index (χ3n) is 5.51. The van der Waals surface area contributed by atoms with Gasteiger partial charge in [-0.1, -0.05) is 30.3 Å². The van der Waals surface area contributed by atoms with Crippen molar-refractivity contribution in [2.45, 2.75) is 30.9 Å². The van der Waals surface area contributed by atoms with Crippen LogP contribution in [0.15, 0.2) is 52.0 Å². The highest BCUT2D eigenvalue weighted by molar-refractivity contribution is 7.99. The lowest BCUT2D eigenvalue weighted by atomic mass is 10.1. The lowest BCUT2D eigenvalue weighted by Crippen LogP contribution is -2.39. The average Bonchev–Trinajstić information content (AvgIpc) is 3.44. The molecule has 3 aromatic heterocycles. The molecule has 1 unspecified atom stereocenters. The summed E-state index contributed by atoms with van der Waals surface area (Å²) >= 11 is 4.77. The van der Waals surface area contributed by atoms with Gasteiger partial charge in [-0.2, -0.15) is 0 Å². The van der Waals surface area contributed by atoms with Gasteiger partial charge in [0.1, 0.15) is 10.7 Å². The van der Waals surface area contributed by atoms with Crippen molar-refractivity contribution in [3.63, 3.8) is 0 Å². The molecule has 31 heavy (non-hydrogen) atoms. The fourth-order valence-corrected chi connectivity index (χ4v) is 6.55. The van der Waals surface area contributed by atoms with Crippen molar-refractivity contribution in [1.29, 1.82) is 0 Å². The minimum absolute atomic E-state index is 0.124. The number of hydrogen-bond acceptors (Lipinski definition) is 6. The van der Waals surface area contributed by atoms with Crippen LogP contribution in [0.3, 0.4) is 0 Å². The zero-order chi connectivity index (χ0) is 21.4. The lowest BCUT2D eigenvalue weighted by Gasteiger charge is -2.29. The Kier molecular flexibility index (Phi) is 5.69. The van der Waals surface area contributed by atoms with Gasteiger partial charge >= 0.3 is 0 Å². The number of thiophene rings is 2. The number of thioether (sulfide) groups is 1. The zero-order valence-corrected chi connectivity index (χ0v) is 19.4. The number of amides is 1. The molecule has 0 radical (unpaired) electrons. The van der Waals surface area contributed by atoms with E-state index in [0.29, 0.717) is 23.5 Å². The van der Waals surface area contributed by atoms with E-state index < -0.39 is 0 Å². The summed E-state index contributed by atoms with van der Waals surface area (Å²) in [5.74, 6) is 1.25. The SMILES string of the molecule is CC(SCc1nc2scc(-c3ccccc3)c2c(=O)[nH]1)C(=O)N1CCc2sccc2C1. The summed E-state index contributed by atoms with van der Waals surface area (Å²) in [7, 11) is 0. The highest BCUT2D eigenvalue weighted by atomic mass is 32.2. The van der Waals surface area contributed by atoms with Gasteiger partial charge in [-0.15, -0.1) is 34.4 Å². The molecule has 0 aliphatic carbocycles. The largest absolute Gasteiger partial charge is 0.337 e. The van der Waals surface area contributed by atoms with E-state index in [-0.39, 0.29) is 16.7 Å². The molecular weight excluding hydrogens is 446 g/mol. The first kappa shape index (κ1) is 20.5. The van der Waals surface area contributed by atoms with Gasteiger partial charge in [0.05, 0.1) is 16.4 Å². The number of aromatic nitrogens is 2. The summed E-state index contributed by atoms with van der Waals surface area (Å²) in [6.07, 6.45) is 0.934. The molecule has 5 rings (SSSR count). The van der Waals surface area contributed by atoms with Crippen LogP contribution in [0.4, 0.5) is 0 Å². The first-order chi connectivity index (χ1) is 15.1. The Bertz CT molecular complexity index is 1290. The first-order valence-corrected chi connectivity index (χ1v) is 12.9. The Hall–Kier alpha value is -2.42. The first-order valence-electron chi connectivity index (χ1n) is 10.1. The fraction of sp³-hybridized carbons (Fsp3) is 0.261. The van der Waals surface area contributed by atoms with E-state index in [2.05, 4.69) is 21.4 Å². The number of rotatable bonds is 5. The maximum atomic E-state index is 12.9. The molecule has 0 bridgehead atoms. The molecule has 4 aromatic rings. The molecule has 0 fully saturated rings. The molecule has 1 amide bonds. The molecule has 1 N–H and O–H groups in total. The van der Waals surface area contributed by atoms with Crippen molar-refractivity contribution in [3.8, 4) is 11.1 Å². The van der Waals surface area contributed by atoms with Gasteiger partial charge in [0.2, 0.25) is 5.91 Å². The van der Waals surface area contributed by atoms with Gasteiger partial charge in [-0.3, -0.25) is 9.59 Å². The standard InChI is InChI=1S/C23H21N3O2S3/c1-14(23(28)26-9-7-18-16(11-26)8-10-29-18)30-13-19-24-21(27)20-17(12-31-22(20)25-19)15-5-3-2-4-6-15/h2-6,8,10,12,14H,7,9,11,13H2,1H3,(H,24,25,27). The third-order valence-corrected chi connectivity index (χ3v) is 8.55. The van der Waals surface area contributed by atoms with Gasteiger partial charge in [0.15, 0.2) is 0 Å². The average molecular weight is 468 g/mol. The van der Waals surface area contributed by atoms with Crippen LogP contribution in [-0.4, -0.2) is 32.6 Å². The number of hydrogen-bond donors (Lipinski definition) is 1. The van der Waals surface area contributed by atoms with Crippen LogP contribution in [0.1, 0.15) is 23.2 Å². The van der Waals surface area contributed by atoms with Crippen LogP contribution in [-0.2, 0) is 23.5 Å². The van der Waals surface area contributed by atoms with E-state index in [1.807, 2.05) is 47.5 Å². The maximum absolute atomic E-state index is 12.9. The number of H-pyrrole nitrogens is 1. The van der Waals surface area contributed by atoms with Crippen LogP contribution >= 0.6 is 34.4 Å². The van der Waals surface area contributed by atoms with Crippen LogP contribution in [0.25, 0.3) is 21.3 Å². The predicted molar refractivity (Wildman–Crippen MR) is 130 cm³/mol. The number of nitrogens with one attached hydrogen (secondary N) is 1. The Morgan fingerprint density at radius 1 is 1.26 bits per heavy atom. The van der Waals surface area contributed by atoms with Crippen LogP contribution in [0.5, 0.6) is 0 Å². The second kappa shape index (κ2) is 8.61. The maximum Gasteiger partial charge on any atom is 0.260 e. The Labute approximate surface area is 192 Å². The van der Waals surface area contributed by atoms with E-state index in [9.17, 15) is 9.59 Å². The van der Waals surface area contributed by atoms with Crippen LogP contribution < -0.4 is 5.56 Å². The van der Waals surface area contributed by atoms with E-state index in [1.165, 1.54) is 33.5 Å². The quantitative estimate of drug-likeness (QED) is 0.452. The molecule has 5 nitrogen and oxygen atoms in total. The fourth-order valence-electron chi connectivity index (χ4n) is 3.86. The highest BCUT2D eigenvalue weighted by Crippen LogP contribution is 2.31. The van der Waals surface area contributed by atoms with Gasteiger partial charge in [-0.05, 0) is 35.9 Å². The van der Waals surface area contributed by atoms with Crippen LogP contribution in [0, 0.1) is 0 Å². The molecule has 0 saturated carbocycles. The molecule has 4 heterocycles. The predicted octanol–water partition coefficient (Wildman–Crippen LogP) is 4.92. The number of carbonyl (C=O) groups excluding carboxylic acids is 1. The van der Waals surface area contributed by atoms with Gasteiger partial charge < -0.3 is 9.88 Å². The smallest absolute Gasteiger partial charge is 0.260 e. The molecule has 0 saturated heterocycles. The monoisotopic (exact) mass is 467 g/mol. The summed E-state index contributed by atoms with van der Waals surface area (Å²) in [5.41, 5.74) is 3.07. The topological polar surface area (TPSA) is 66.1 Å². The Balaban J connectivity index is 1.29. The lowest BCUT2D eigenvalue weighted by molar-refractivity contribution is -0.131. The highest BCUT2D eigenvalue weighted by Gasteiger charge is 2.25. The summed E-state index contributed by atoms with van der Waals surface area (Å²) in [6, 6.07) is 12.0. The van der Waals surface area contributed by atoms with E-state index in [0.717, 1.165) is 28.9 Å². The molecular formula is C23H21N3O2S3. The molecule has 1 aliphatic rings. The molecule has 1 atom stereocenters. The number of benzene rings is 1. The normalized spacial score (nSPS) is 14.5. The molecule has 158 valence electrons. The minimum Gasteiger partial charge on any atom is -0.337 e. The summed E-state index contributed by atoms with van der Waals surface area (Å²) in [5, 5.41) is 4.53. The summed E-state index contributed by atoms with van der Waals surface area (Å²) < 4.78 is 0. The van der Waals surface area contributed by atoms with Crippen molar-refractivity contribution >= 4 is 50.6 Å². The minimum atomic E-state index is -0.190. The van der Waals surface area contributed by atoms with Crippen molar-refractivity contribution in [2.75, 3.05) is 6.54 Å². The number of nitrogens with zero attached hydrogens (tertiary/aromatic N) is 2. The van der Waals surface area contributed by atoms with Crippen molar-refractivity contribution in [2.24, 2.45) is 0 Å². The van der Waals surface area contributed by atoms with Gasteiger partial charge in [0, 0.05) is 28.9 Å². The van der Waals surface area contributed by atoms with E-state index >= 15 is 0 Å². The Morgan fingerprint density at radius 3 is 2.94 bits per heavy atom. The zero-order valence-electron chi connectivity index (χ0n) is 17.0. The number of fused-ring (bicyclic) bond motifs is 2. The third kappa shape index (κ3) is 4.07. The van der Waals surface area contributed by atoms with Crippen molar-refractivity contribution in [3.05, 3.63) is 73.8 Å². The molecule has 1 aliphatic heterocycles. The molecule has 1 aromatic carbocycles. The van der Waals surface area contributed by atoms with Gasteiger partial charge in [0.25, 0.3) is 5.56 Å². The molecule has 8 heteroatoms.